The lowest BCUT2D eigenvalue weighted by Crippen LogP contribution is -2.41. The number of piperidine rings is 1. The van der Waals surface area contributed by atoms with Crippen molar-refractivity contribution in [3.05, 3.63) is 0 Å². The van der Waals surface area contributed by atoms with Crippen LogP contribution in [-0.4, -0.2) is 49.6 Å². The van der Waals surface area contributed by atoms with Crippen molar-refractivity contribution in [3.8, 4) is 0 Å². The summed E-state index contributed by atoms with van der Waals surface area (Å²) in [7, 11) is 0. The van der Waals surface area contributed by atoms with Crippen LogP contribution in [0, 0.1) is 0 Å². The van der Waals surface area contributed by atoms with Gasteiger partial charge in [0, 0.05) is 19.0 Å². The summed E-state index contributed by atoms with van der Waals surface area (Å²) in [5, 5.41) is 0. The molecule has 3 atom stereocenters. The van der Waals surface area contributed by atoms with E-state index in [1.807, 2.05) is 0 Å². The fourth-order valence-electron chi connectivity index (χ4n) is 2.72. The van der Waals surface area contributed by atoms with Gasteiger partial charge < -0.3 is 20.1 Å². The quantitative estimate of drug-likeness (QED) is 0.778. The molecule has 2 aliphatic rings. The summed E-state index contributed by atoms with van der Waals surface area (Å²) in [5.74, 6) is 0. The van der Waals surface area contributed by atoms with E-state index in [1.54, 1.807) is 0 Å². The third kappa shape index (κ3) is 2.94. The molecule has 0 amide bonds. The summed E-state index contributed by atoms with van der Waals surface area (Å²) in [4.78, 5) is 2.55. The van der Waals surface area contributed by atoms with Crippen LogP contribution >= 0.6 is 0 Å². The van der Waals surface area contributed by atoms with Crippen LogP contribution in [0.2, 0.25) is 0 Å². The van der Waals surface area contributed by atoms with Crippen LogP contribution in [0.3, 0.4) is 0 Å². The summed E-state index contributed by atoms with van der Waals surface area (Å²) >= 11 is 0. The zero-order chi connectivity index (χ0) is 11.4. The van der Waals surface area contributed by atoms with Crippen LogP contribution < -0.4 is 5.73 Å². The number of rotatable bonds is 4. The van der Waals surface area contributed by atoms with Crippen molar-refractivity contribution in [2.45, 2.75) is 51.0 Å². The maximum Gasteiger partial charge on any atom is 0.159 e. The van der Waals surface area contributed by atoms with Crippen LogP contribution in [0.15, 0.2) is 0 Å². The first-order valence-electron chi connectivity index (χ1n) is 6.54. The Morgan fingerprint density at radius 3 is 2.94 bits per heavy atom. The first-order chi connectivity index (χ1) is 7.83. The van der Waals surface area contributed by atoms with Crippen molar-refractivity contribution in [3.63, 3.8) is 0 Å². The van der Waals surface area contributed by atoms with E-state index in [1.165, 1.54) is 25.8 Å². The van der Waals surface area contributed by atoms with E-state index >= 15 is 0 Å². The highest BCUT2D eigenvalue weighted by molar-refractivity contribution is 4.79. The lowest BCUT2D eigenvalue weighted by Gasteiger charge is -2.35. The Kier molecular flexibility index (Phi) is 4.58. The molecule has 0 bridgehead atoms. The molecular weight excluding hydrogens is 204 g/mol. The Balaban J connectivity index is 1.79. The van der Waals surface area contributed by atoms with Crippen LogP contribution in [0.1, 0.15) is 32.6 Å². The minimum Gasteiger partial charge on any atom is -0.350 e. The van der Waals surface area contributed by atoms with Crippen LogP contribution in [-0.2, 0) is 9.47 Å². The Morgan fingerprint density at radius 1 is 1.38 bits per heavy atom. The zero-order valence-corrected chi connectivity index (χ0v) is 10.2. The summed E-state index contributed by atoms with van der Waals surface area (Å²) in [6, 6.07) is 0.639. The largest absolute Gasteiger partial charge is 0.350 e. The van der Waals surface area contributed by atoms with Crippen LogP contribution in [0.4, 0.5) is 0 Å². The van der Waals surface area contributed by atoms with Gasteiger partial charge in [-0.3, -0.25) is 0 Å². The monoisotopic (exact) mass is 228 g/mol. The highest BCUT2D eigenvalue weighted by Gasteiger charge is 2.30. The van der Waals surface area contributed by atoms with E-state index in [2.05, 4.69) is 11.8 Å². The Labute approximate surface area is 98.1 Å². The molecule has 2 rings (SSSR count). The van der Waals surface area contributed by atoms with Gasteiger partial charge in [0.25, 0.3) is 0 Å². The lowest BCUT2D eigenvalue weighted by atomic mass is 9.99. The number of ether oxygens (including phenoxy) is 2. The molecule has 4 heteroatoms. The predicted octanol–water partition coefficient (Wildman–Crippen LogP) is 0.951. The van der Waals surface area contributed by atoms with Gasteiger partial charge in [-0.1, -0.05) is 13.3 Å². The fourth-order valence-corrected chi connectivity index (χ4v) is 2.72. The molecule has 4 nitrogen and oxygen atoms in total. The average Bonchev–Trinajstić information content (AvgIpc) is 2.77. The van der Waals surface area contributed by atoms with E-state index in [0.717, 1.165) is 13.0 Å². The summed E-state index contributed by atoms with van der Waals surface area (Å²) in [6.07, 6.45) is 5.06. The first-order valence-corrected chi connectivity index (χ1v) is 6.54. The van der Waals surface area contributed by atoms with Gasteiger partial charge in [-0.2, -0.15) is 0 Å². The highest BCUT2D eigenvalue weighted by atomic mass is 16.7. The molecular formula is C12H24N2O2. The van der Waals surface area contributed by atoms with Gasteiger partial charge in [0.05, 0.1) is 12.7 Å². The molecule has 2 aliphatic heterocycles. The fraction of sp³-hybridized carbons (Fsp3) is 1.00. The third-order valence-electron chi connectivity index (χ3n) is 3.69. The summed E-state index contributed by atoms with van der Waals surface area (Å²) in [5.41, 5.74) is 5.57. The maximum atomic E-state index is 5.73. The molecule has 94 valence electrons. The molecule has 2 saturated heterocycles. The number of nitrogens with two attached hydrogens (primary N) is 1. The van der Waals surface area contributed by atoms with E-state index in [4.69, 9.17) is 15.2 Å². The summed E-state index contributed by atoms with van der Waals surface area (Å²) in [6.45, 7) is 5.84. The maximum absolute atomic E-state index is 5.73. The minimum absolute atomic E-state index is 0.0225. The van der Waals surface area contributed by atoms with Gasteiger partial charge >= 0.3 is 0 Å². The van der Waals surface area contributed by atoms with E-state index < -0.39 is 0 Å². The Morgan fingerprint density at radius 2 is 2.25 bits per heavy atom. The standard InChI is InChI=1S/C12H24N2O2/c1-2-14-6-4-3-5-10(14)7-12-15-9-11(8-13)16-12/h10-12H,2-9,13H2,1H3. The van der Waals surface area contributed by atoms with Gasteiger partial charge in [0.2, 0.25) is 0 Å². The Bertz CT molecular complexity index is 213. The molecule has 2 fully saturated rings. The predicted molar refractivity (Wildman–Crippen MR) is 63.2 cm³/mol. The highest BCUT2D eigenvalue weighted by Crippen LogP contribution is 2.24. The Hall–Kier alpha value is -0.160. The SMILES string of the molecule is CCN1CCCCC1CC1OCC(CN)O1. The van der Waals surface area contributed by atoms with Gasteiger partial charge in [-0.25, -0.2) is 0 Å². The molecule has 0 aromatic rings. The normalized spacial score (nSPS) is 36.8. The van der Waals surface area contributed by atoms with Crippen LogP contribution in [0.25, 0.3) is 0 Å². The minimum atomic E-state index is -0.0225. The van der Waals surface area contributed by atoms with Crippen molar-refractivity contribution >= 4 is 0 Å². The number of nitrogens with zero attached hydrogens (tertiary/aromatic N) is 1. The van der Waals surface area contributed by atoms with Gasteiger partial charge in [-0.15, -0.1) is 0 Å². The molecule has 3 unspecified atom stereocenters. The second kappa shape index (κ2) is 5.96. The molecule has 0 aromatic carbocycles. The molecule has 0 spiro atoms. The van der Waals surface area contributed by atoms with Gasteiger partial charge in [0.15, 0.2) is 6.29 Å². The number of hydrogen-bond donors (Lipinski definition) is 1. The molecule has 0 saturated carbocycles. The van der Waals surface area contributed by atoms with E-state index in [-0.39, 0.29) is 12.4 Å². The molecule has 0 aromatic heterocycles. The number of hydrogen-bond acceptors (Lipinski definition) is 4. The molecule has 2 N–H and O–H groups in total. The van der Waals surface area contributed by atoms with Crippen molar-refractivity contribution in [2.24, 2.45) is 5.73 Å². The average molecular weight is 228 g/mol. The van der Waals surface area contributed by atoms with Gasteiger partial charge in [-0.05, 0) is 25.9 Å². The van der Waals surface area contributed by atoms with Crippen molar-refractivity contribution in [1.29, 1.82) is 0 Å². The van der Waals surface area contributed by atoms with Gasteiger partial charge in [0.1, 0.15) is 0 Å². The lowest BCUT2D eigenvalue weighted by molar-refractivity contribution is -0.0779. The van der Waals surface area contributed by atoms with E-state index in [9.17, 15) is 0 Å². The molecule has 0 radical (unpaired) electrons. The summed E-state index contributed by atoms with van der Waals surface area (Å²) < 4.78 is 11.4. The molecule has 16 heavy (non-hydrogen) atoms. The first kappa shape index (κ1) is 12.3. The van der Waals surface area contributed by atoms with E-state index in [0.29, 0.717) is 19.2 Å². The topological polar surface area (TPSA) is 47.7 Å². The third-order valence-corrected chi connectivity index (χ3v) is 3.69. The molecule has 2 heterocycles. The van der Waals surface area contributed by atoms with Crippen molar-refractivity contribution in [1.82, 2.24) is 4.90 Å². The van der Waals surface area contributed by atoms with Crippen molar-refractivity contribution in [2.75, 3.05) is 26.2 Å². The number of likely N-dealkylation sites (tertiary alicyclic amines) is 1. The van der Waals surface area contributed by atoms with Crippen LogP contribution in [0.5, 0.6) is 0 Å². The second-order valence-corrected chi connectivity index (χ2v) is 4.77. The zero-order valence-electron chi connectivity index (χ0n) is 10.2. The van der Waals surface area contributed by atoms with Crippen molar-refractivity contribution < 1.29 is 9.47 Å². The second-order valence-electron chi connectivity index (χ2n) is 4.77. The molecule has 0 aliphatic carbocycles. The smallest absolute Gasteiger partial charge is 0.159 e.